The van der Waals surface area contributed by atoms with E-state index in [4.69, 9.17) is 9.47 Å². The summed E-state index contributed by atoms with van der Waals surface area (Å²) < 4.78 is 11.3. The van der Waals surface area contributed by atoms with Crippen LogP contribution in [-0.2, 0) is 14.3 Å². The van der Waals surface area contributed by atoms with E-state index in [0.29, 0.717) is 6.42 Å². The summed E-state index contributed by atoms with van der Waals surface area (Å²) in [4.78, 5) is 13.0. The number of allylic oxidation sites excluding steroid dienone is 9. The van der Waals surface area contributed by atoms with Gasteiger partial charge in [-0.05, 0) is 70.6 Å². The van der Waals surface area contributed by atoms with Gasteiger partial charge in [0.2, 0.25) is 5.91 Å². The highest BCUT2D eigenvalue weighted by Crippen LogP contribution is 2.23. The van der Waals surface area contributed by atoms with Gasteiger partial charge in [-0.15, -0.1) is 0 Å². The van der Waals surface area contributed by atoms with E-state index in [9.17, 15) is 30.3 Å². The highest BCUT2D eigenvalue weighted by Gasteiger charge is 2.44. The van der Waals surface area contributed by atoms with Gasteiger partial charge in [0.1, 0.15) is 24.4 Å². The molecule has 0 aromatic carbocycles. The predicted molar refractivity (Wildman–Crippen MR) is 295 cm³/mol. The van der Waals surface area contributed by atoms with Gasteiger partial charge in [0.15, 0.2) is 6.29 Å². The second kappa shape index (κ2) is 50.4. The summed E-state index contributed by atoms with van der Waals surface area (Å²) in [6.45, 7) is 3.76. The van der Waals surface area contributed by atoms with Crippen molar-refractivity contribution < 1.29 is 39.8 Å². The van der Waals surface area contributed by atoms with Gasteiger partial charge >= 0.3 is 0 Å². The molecule has 0 spiro atoms. The molecule has 1 aliphatic rings. The lowest BCUT2D eigenvalue weighted by molar-refractivity contribution is -0.302. The number of aliphatic hydroxyl groups is 5. The lowest BCUT2D eigenvalue weighted by Crippen LogP contribution is -2.60. The van der Waals surface area contributed by atoms with Crippen LogP contribution in [0.1, 0.15) is 264 Å². The second-order valence-electron chi connectivity index (χ2n) is 20.4. The second-order valence-corrected chi connectivity index (χ2v) is 20.4. The third kappa shape index (κ3) is 39.4. The first-order valence-electron chi connectivity index (χ1n) is 29.5. The highest BCUT2D eigenvalue weighted by molar-refractivity contribution is 5.76. The number of aliphatic hydroxyl groups excluding tert-OH is 5. The van der Waals surface area contributed by atoms with Crippen molar-refractivity contribution in [2.75, 3.05) is 13.2 Å². The van der Waals surface area contributed by atoms with E-state index in [0.717, 1.165) is 64.2 Å². The fourth-order valence-electron chi connectivity index (χ4n) is 9.12. The van der Waals surface area contributed by atoms with Crippen LogP contribution < -0.4 is 5.32 Å². The summed E-state index contributed by atoms with van der Waals surface area (Å²) in [6, 6.07) is -0.832. The monoisotopic (exact) mass is 986 g/mol. The molecule has 0 radical (unpaired) electrons. The smallest absolute Gasteiger partial charge is 0.220 e. The van der Waals surface area contributed by atoms with Crippen LogP contribution in [0, 0.1) is 0 Å². The number of carbonyl (C=O) groups is 1. The minimum absolute atomic E-state index is 0.198. The van der Waals surface area contributed by atoms with Gasteiger partial charge in [-0.1, -0.05) is 248 Å². The summed E-state index contributed by atoms with van der Waals surface area (Å²) >= 11 is 0. The Balaban J connectivity index is 2.26. The van der Waals surface area contributed by atoms with Crippen LogP contribution in [-0.4, -0.2) is 87.5 Å². The number of ether oxygens (including phenoxy) is 2. The first-order valence-corrected chi connectivity index (χ1v) is 29.5. The Morgan fingerprint density at radius 2 is 0.857 bits per heavy atom. The van der Waals surface area contributed by atoms with Gasteiger partial charge in [0.05, 0.1) is 25.4 Å². The molecule has 1 amide bonds. The number of carbonyl (C=O) groups excluding carboxylic acids is 1. The fraction of sp³-hybridized carbons (Fsp3) is 0.820. The summed E-state index contributed by atoms with van der Waals surface area (Å²) in [5.41, 5.74) is 0. The van der Waals surface area contributed by atoms with Gasteiger partial charge in [0, 0.05) is 6.42 Å². The van der Waals surface area contributed by atoms with Crippen molar-refractivity contribution in [2.45, 2.75) is 307 Å². The van der Waals surface area contributed by atoms with Crippen molar-refractivity contribution in [3.63, 3.8) is 0 Å². The number of hydrogen-bond donors (Lipinski definition) is 6. The number of hydrogen-bond acceptors (Lipinski definition) is 8. The molecule has 9 heteroatoms. The maximum atomic E-state index is 13.0. The molecular formula is C61H111NO8. The van der Waals surface area contributed by atoms with E-state index in [2.05, 4.69) is 67.8 Å². The van der Waals surface area contributed by atoms with Crippen LogP contribution in [0.15, 0.2) is 60.8 Å². The van der Waals surface area contributed by atoms with Crippen LogP contribution in [0.25, 0.3) is 0 Å². The molecule has 0 aromatic rings. The van der Waals surface area contributed by atoms with E-state index in [1.54, 1.807) is 6.08 Å². The molecule has 7 unspecified atom stereocenters. The molecule has 1 saturated heterocycles. The Labute approximate surface area is 430 Å². The van der Waals surface area contributed by atoms with Gasteiger partial charge in [-0.2, -0.15) is 0 Å². The first-order chi connectivity index (χ1) is 34.3. The zero-order valence-corrected chi connectivity index (χ0v) is 45.3. The molecule has 408 valence electrons. The quantitative estimate of drug-likeness (QED) is 0.0261. The molecular weight excluding hydrogens is 875 g/mol. The van der Waals surface area contributed by atoms with Gasteiger partial charge in [-0.25, -0.2) is 0 Å². The average Bonchev–Trinajstić information content (AvgIpc) is 3.36. The largest absolute Gasteiger partial charge is 0.394 e. The molecule has 1 aliphatic heterocycles. The van der Waals surface area contributed by atoms with Crippen molar-refractivity contribution in [3.8, 4) is 0 Å². The summed E-state index contributed by atoms with van der Waals surface area (Å²) in [5, 5.41) is 54.5. The van der Waals surface area contributed by atoms with Gasteiger partial charge in [0.25, 0.3) is 0 Å². The normalized spacial score (nSPS) is 19.8. The maximum absolute atomic E-state index is 13.0. The molecule has 1 fully saturated rings. The Kier molecular flexibility index (Phi) is 47.5. The molecule has 7 atom stereocenters. The Morgan fingerprint density at radius 1 is 0.486 bits per heavy atom. The molecule has 1 rings (SSSR count). The topological polar surface area (TPSA) is 149 Å². The lowest BCUT2D eigenvalue weighted by Gasteiger charge is -2.40. The Hall–Kier alpha value is -2.11. The summed E-state index contributed by atoms with van der Waals surface area (Å²) in [7, 11) is 0. The zero-order chi connectivity index (χ0) is 50.8. The van der Waals surface area contributed by atoms with Crippen molar-refractivity contribution in [1.29, 1.82) is 0 Å². The Bertz CT molecular complexity index is 1280. The SMILES string of the molecule is CCCCCCC/C=C\C/C=C\C/C=C\CCCCCCCCC(=O)NC(COC1OC(CO)C(O)C(O)C1O)C(O)/C=C/CC/C=C/CCCCCCCCCCCCCCCCCCCCCC. The van der Waals surface area contributed by atoms with Crippen molar-refractivity contribution in [3.05, 3.63) is 60.8 Å². The number of nitrogens with one attached hydrogen (secondary N) is 1. The minimum Gasteiger partial charge on any atom is -0.394 e. The standard InChI is InChI=1S/C61H111NO8/c1-3-5-7-9-11-13-15-17-19-21-23-25-26-27-28-29-31-32-34-36-38-40-42-44-46-48-50-55(64)54(53-69-61-60(68)59(67)58(66)56(52-63)70-61)62-57(65)51-49-47-45-43-41-39-37-35-33-30-24-22-20-18-16-14-12-10-8-6-4-2/h16,18,22,24,33,35,40,42,48,50,54-56,58-61,63-64,66-68H,3-15,17,19-21,23,25-32,34,36-39,41,43-47,49,51-53H2,1-2H3,(H,62,65)/b18-16-,24-22-,35-33-,42-40+,50-48+. The van der Waals surface area contributed by atoms with Crippen molar-refractivity contribution in [2.24, 2.45) is 0 Å². The van der Waals surface area contributed by atoms with Crippen molar-refractivity contribution in [1.82, 2.24) is 5.32 Å². The minimum atomic E-state index is -1.58. The molecule has 0 saturated carbocycles. The van der Waals surface area contributed by atoms with Crippen LogP contribution >= 0.6 is 0 Å². The zero-order valence-electron chi connectivity index (χ0n) is 45.3. The fourth-order valence-corrected chi connectivity index (χ4v) is 9.12. The Morgan fingerprint density at radius 3 is 1.30 bits per heavy atom. The first kappa shape index (κ1) is 65.9. The molecule has 0 bridgehead atoms. The molecule has 70 heavy (non-hydrogen) atoms. The van der Waals surface area contributed by atoms with Gasteiger partial charge in [-0.3, -0.25) is 4.79 Å². The summed E-state index contributed by atoms with van der Waals surface area (Å²) in [6.07, 6.45) is 61.5. The predicted octanol–water partition coefficient (Wildman–Crippen LogP) is 14.7. The molecule has 6 N–H and O–H groups in total. The van der Waals surface area contributed by atoms with E-state index in [-0.39, 0.29) is 12.5 Å². The van der Waals surface area contributed by atoms with E-state index in [1.165, 1.54) is 180 Å². The van der Waals surface area contributed by atoms with Crippen LogP contribution in [0.4, 0.5) is 0 Å². The molecule has 1 heterocycles. The maximum Gasteiger partial charge on any atom is 0.220 e. The number of unbranched alkanes of at least 4 members (excludes halogenated alkanes) is 32. The van der Waals surface area contributed by atoms with Crippen LogP contribution in [0.5, 0.6) is 0 Å². The van der Waals surface area contributed by atoms with E-state index >= 15 is 0 Å². The van der Waals surface area contributed by atoms with E-state index < -0.39 is 49.5 Å². The summed E-state index contributed by atoms with van der Waals surface area (Å²) in [5.74, 6) is -0.198. The third-order valence-electron chi connectivity index (χ3n) is 13.8. The molecule has 0 aromatic heterocycles. The van der Waals surface area contributed by atoms with Crippen LogP contribution in [0.2, 0.25) is 0 Å². The molecule has 0 aliphatic carbocycles. The lowest BCUT2D eigenvalue weighted by atomic mass is 9.99. The number of amides is 1. The average molecular weight is 987 g/mol. The molecule has 9 nitrogen and oxygen atoms in total. The highest BCUT2D eigenvalue weighted by atomic mass is 16.7. The third-order valence-corrected chi connectivity index (χ3v) is 13.8. The number of rotatable bonds is 50. The van der Waals surface area contributed by atoms with E-state index in [1.807, 2.05) is 6.08 Å². The van der Waals surface area contributed by atoms with Gasteiger partial charge < -0.3 is 40.3 Å². The van der Waals surface area contributed by atoms with Crippen molar-refractivity contribution >= 4 is 5.91 Å². The van der Waals surface area contributed by atoms with Crippen LogP contribution in [0.3, 0.4) is 0 Å².